The summed E-state index contributed by atoms with van der Waals surface area (Å²) in [5.74, 6) is 1.53. The number of nitrogens with zero attached hydrogens (tertiary/aromatic N) is 4. The van der Waals surface area contributed by atoms with Gasteiger partial charge in [-0.3, -0.25) is 4.79 Å². The van der Waals surface area contributed by atoms with Crippen molar-refractivity contribution < 1.29 is 14.3 Å². The van der Waals surface area contributed by atoms with Gasteiger partial charge in [0.05, 0.1) is 29.4 Å². The predicted molar refractivity (Wildman–Crippen MR) is 145 cm³/mol. The Labute approximate surface area is 218 Å². The van der Waals surface area contributed by atoms with Crippen LogP contribution in [-0.4, -0.2) is 51.4 Å². The summed E-state index contributed by atoms with van der Waals surface area (Å²) in [5.41, 5.74) is 4.33. The smallest absolute Gasteiger partial charge is 0.254 e. The molecule has 0 spiro atoms. The second-order valence-corrected chi connectivity index (χ2v) is 9.83. The summed E-state index contributed by atoms with van der Waals surface area (Å²) in [4.78, 5) is 20.7. The zero-order valence-corrected chi connectivity index (χ0v) is 22.0. The average Bonchev–Trinajstić information content (AvgIpc) is 3.34. The highest BCUT2D eigenvalue weighted by Gasteiger charge is 2.28. The van der Waals surface area contributed by atoms with Crippen LogP contribution in [0.3, 0.4) is 0 Å². The fraction of sp³-hybridized carbons (Fsp3) is 0.367. The molecule has 2 aromatic heterocycles. The lowest BCUT2D eigenvalue weighted by Crippen LogP contribution is -2.41. The van der Waals surface area contributed by atoms with Crippen LogP contribution in [0.2, 0.25) is 0 Å². The lowest BCUT2D eigenvalue weighted by molar-refractivity contribution is 0.0591. The van der Waals surface area contributed by atoms with Gasteiger partial charge in [0.15, 0.2) is 17.1 Å². The quantitative estimate of drug-likeness (QED) is 0.309. The number of aromatic nitrogens is 3. The van der Waals surface area contributed by atoms with Gasteiger partial charge in [0.2, 0.25) is 0 Å². The standard InChI is InChI=1S/C30H34N4O3/c1-5-36-27-8-6-7-9-28(27)37-23-14-16-33(17-15-23)30(35)24-18-26(22-12-10-21(4)11-13-22)32-29-25(24)19-31-34(29)20(2)3/h6-13,18-20,23H,5,14-17H2,1-4H3. The molecule has 1 fully saturated rings. The third-order valence-corrected chi connectivity index (χ3v) is 6.81. The van der Waals surface area contributed by atoms with Gasteiger partial charge in [-0.2, -0.15) is 5.10 Å². The first-order chi connectivity index (χ1) is 17.9. The molecule has 1 aliphatic rings. The number of fused-ring (bicyclic) bond motifs is 1. The number of carbonyl (C=O) groups is 1. The van der Waals surface area contributed by atoms with E-state index in [1.54, 1.807) is 6.20 Å². The van der Waals surface area contributed by atoms with E-state index in [9.17, 15) is 4.79 Å². The highest BCUT2D eigenvalue weighted by atomic mass is 16.5. The number of piperidine rings is 1. The number of hydrogen-bond acceptors (Lipinski definition) is 5. The van der Waals surface area contributed by atoms with Crippen molar-refractivity contribution in [1.29, 1.82) is 0 Å². The van der Waals surface area contributed by atoms with E-state index in [2.05, 4.69) is 50.1 Å². The van der Waals surface area contributed by atoms with Gasteiger partial charge in [0, 0.05) is 37.5 Å². The van der Waals surface area contributed by atoms with Crippen LogP contribution in [0.25, 0.3) is 22.3 Å². The van der Waals surface area contributed by atoms with E-state index in [-0.39, 0.29) is 18.1 Å². The molecule has 1 aliphatic heterocycles. The molecule has 0 N–H and O–H groups in total. The summed E-state index contributed by atoms with van der Waals surface area (Å²) in [6.45, 7) is 10.0. The third kappa shape index (κ3) is 5.17. The van der Waals surface area contributed by atoms with Crippen molar-refractivity contribution in [1.82, 2.24) is 19.7 Å². The number of benzene rings is 2. The molecule has 0 radical (unpaired) electrons. The minimum atomic E-state index is 0.0113. The summed E-state index contributed by atoms with van der Waals surface area (Å²) < 4.78 is 13.9. The molecule has 0 unspecified atom stereocenters. The largest absolute Gasteiger partial charge is 0.490 e. The molecule has 37 heavy (non-hydrogen) atoms. The Morgan fingerprint density at radius 1 is 1.05 bits per heavy atom. The molecule has 0 bridgehead atoms. The van der Waals surface area contributed by atoms with Crippen molar-refractivity contribution in [2.24, 2.45) is 0 Å². The van der Waals surface area contributed by atoms with Gasteiger partial charge in [0.1, 0.15) is 6.10 Å². The number of likely N-dealkylation sites (tertiary alicyclic amines) is 1. The van der Waals surface area contributed by atoms with E-state index in [4.69, 9.17) is 14.5 Å². The Hall–Kier alpha value is -3.87. The predicted octanol–water partition coefficient (Wildman–Crippen LogP) is 6.07. The number of aryl methyl sites for hydroxylation is 1. The minimum Gasteiger partial charge on any atom is -0.490 e. The molecule has 2 aromatic carbocycles. The SMILES string of the molecule is CCOc1ccccc1OC1CCN(C(=O)c2cc(-c3ccc(C)cc3)nc3c2cnn3C(C)C)CC1. The van der Waals surface area contributed by atoms with E-state index in [0.29, 0.717) is 25.3 Å². The molecule has 0 aliphatic carbocycles. The maximum absolute atomic E-state index is 13.8. The molecule has 1 saturated heterocycles. The van der Waals surface area contributed by atoms with Crippen LogP contribution in [0.5, 0.6) is 11.5 Å². The maximum Gasteiger partial charge on any atom is 0.254 e. The highest BCUT2D eigenvalue weighted by molar-refractivity contribution is 6.06. The first-order valence-electron chi connectivity index (χ1n) is 13.1. The van der Waals surface area contributed by atoms with Crippen molar-refractivity contribution in [3.8, 4) is 22.8 Å². The zero-order chi connectivity index (χ0) is 25.9. The van der Waals surface area contributed by atoms with E-state index < -0.39 is 0 Å². The van der Waals surface area contributed by atoms with Crippen molar-refractivity contribution in [2.75, 3.05) is 19.7 Å². The second-order valence-electron chi connectivity index (χ2n) is 9.83. The van der Waals surface area contributed by atoms with Crippen LogP contribution in [0.4, 0.5) is 0 Å². The topological polar surface area (TPSA) is 69.5 Å². The summed E-state index contributed by atoms with van der Waals surface area (Å²) in [6, 6.07) is 18.1. The molecule has 1 amide bonds. The molecule has 3 heterocycles. The Morgan fingerprint density at radius 3 is 2.43 bits per heavy atom. The Balaban J connectivity index is 1.39. The second kappa shape index (κ2) is 10.6. The summed E-state index contributed by atoms with van der Waals surface area (Å²) in [7, 11) is 0. The van der Waals surface area contributed by atoms with Crippen LogP contribution in [0.15, 0.2) is 60.8 Å². The molecule has 4 aromatic rings. The molecular weight excluding hydrogens is 464 g/mol. The molecular formula is C30H34N4O3. The lowest BCUT2D eigenvalue weighted by atomic mass is 10.0. The van der Waals surface area contributed by atoms with Gasteiger partial charge in [0.25, 0.3) is 5.91 Å². The normalized spacial score (nSPS) is 14.4. The van der Waals surface area contributed by atoms with Gasteiger partial charge in [-0.15, -0.1) is 0 Å². The summed E-state index contributed by atoms with van der Waals surface area (Å²) in [6.07, 6.45) is 3.33. The Bertz CT molecular complexity index is 1390. The molecule has 7 heteroatoms. The first kappa shape index (κ1) is 24.8. The van der Waals surface area contributed by atoms with E-state index in [0.717, 1.165) is 46.6 Å². The fourth-order valence-electron chi connectivity index (χ4n) is 4.79. The van der Waals surface area contributed by atoms with Crippen LogP contribution in [-0.2, 0) is 0 Å². The van der Waals surface area contributed by atoms with Crippen molar-refractivity contribution in [3.05, 3.63) is 71.9 Å². The number of amides is 1. The molecule has 0 atom stereocenters. The van der Waals surface area contributed by atoms with Crippen molar-refractivity contribution >= 4 is 16.9 Å². The number of hydrogen-bond donors (Lipinski definition) is 0. The van der Waals surface area contributed by atoms with Gasteiger partial charge >= 0.3 is 0 Å². The van der Waals surface area contributed by atoms with Crippen molar-refractivity contribution in [2.45, 2.75) is 52.7 Å². The zero-order valence-electron chi connectivity index (χ0n) is 22.0. The number of pyridine rings is 1. The molecule has 0 saturated carbocycles. The van der Waals surface area contributed by atoms with Gasteiger partial charge in [-0.1, -0.05) is 42.0 Å². The van der Waals surface area contributed by atoms with E-state index in [1.165, 1.54) is 5.56 Å². The average molecular weight is 499 g/mol. The summed E-state index contributed by atoms with van der Waals surface area (Å²) in [5, 5.41) is 5.36. The first-order valence-corrected chi connectivity index (χ1v) is 13.1. The van der Waals surface area contributed by atoms with Crippen molar-refractivity contribution in [3.63, 3.8) is 0 Å². The summed E-state index contributed by atoms with van der Waals surface area (Å²) >= 11 is 0. The number of rotatable bonds is 7. The van der Waals surface area contributed by atoms with Gasteiger partial charge < -0.3 is 14.4 Å². The molecule has 7 nitrogen and oxygen atoms in total. The fourth-order valence-corrected chi connectivity index (χ4v) is 4.79. The van der Waals surface area contributed by atoms with Gasteiger partial charge in [-0.25, -0.2) is 9.67 Å². The van der Waals surface area contributed by atoms with Crippen LogP contribution >= 0.6 is 0 Å². The Kier molecular flexibility index (Phi) is 7.12. The van der Waals surface area contributed by atoms with Crippen LogP contribution in [0, 0.1) is 6.92 Å². The minimum absolute atomic E-state index is 0.0113. The number of carbonyl (C=O) groups excluding carboxylic acids is 1. The lowest BCUT2D eigenvalue weighted by Gasteiger charge is -2.32. The van der Waals surface area contributed by atoms with E-state index in [1.807, 2.05) is 46.8 Å². The monoisotopic (exact) mass is 498 g/mol. The third-order valence-electron chi connectivity index (χ3n) is 6.81. The molecule has 5 rings (SSSR count). The van der Waals surface area contributed by atoms with Gasteiger partial charge in [-0.05, 0) is 45.9 Å². The highest BCUT2D eigenvalue weighted by Crippen LogP contribution is 2.31. The maximum atomic E-state index is 13.8. The molecule has 192 valence electrons. The van der Waals surface area contributed by atoms with Crippen LogP contribution < -0.4 is 9.47 Å². The Morgan fingerprint density at radius 2 is 1.76 bits per heavy atom. The van der Waals surface area contributed by atoms with E-state index >= 15 is 0 Å². The number of ether oxygens (including phenoxy) is 2. The van der Waals surface area contributed by atoms with Crippen LogP contribution in [0.1, 0.15) is 55.6 Å². The number of para-hydroxylation sites is 2.